The number of anilines is 1. The van der Waals surface area contributed by atoms with Gasteiger partial charge >= 0.3 is 0 Å². The van der Waals surface area contributed by atoms with Crippen molar-refractivity contribution in [3.05, 3.63) is 46.5 Å². The summed E-state index contributed by atoms with van der Waals surface area (Å²) in [5.74, 6) is 0.663. The molecular formula is C21H27ClN2O5S. The maximum atomic E-state index is 13.0. The average molecular weight is 455 g/mol. The molecule has 0 aromatic heterocycles. The third kappa shape index (κ3) is 5.37. The highest BCUT2D eigenvalue weighted by molar-refractivity contribution is 7.92. The molecule has 0 saturated carbocycles. The Hall–Kier alpha value is -2.45. The van der Waals surface area contributed by atoms with Crippen LogP contribution in [0.5, 0.6) is 11.5 Å². The van der Waals surface area contributed by atoms with Crippen LogP contribution in [0, 0.1) is 12.8 Å². The molecule has 164 valence electrons. The van der Waals surface area contributed by atoms with Gasteiger partial charge in [0.05, 0.1) is 29.8 Å². The quantitative estimate of drug-likeness (QED) is 0.646. The molecule has 0 aliphatic heterocycles. The number of methoxy groups -OCH3 is 2. The van der Waals surface area contributed by atoms with E-state index in [-0.39, 0.29) is 27.3 Å². The molecule has 0 aliphatic carbocycles. The second kappa shape index (κ2) is 9.57. The summed E-state index contributed by atoms with van der Waals surface area (Å²) >= 11 is 6.13. The zero-order valence-corrected chi connectivity index (χ0v) is 19.5. The summed E-state index contributed by atoms with van der Waals surface area (Å²) in [5, 5.41) is 0.228. The van der Waals surface area contributed by atoms with E-state index >= 15 is 0 Å². The Balaban J connectivity index is 2.42. The van der Waals surface area contributed by atoms with Gasteiger partial charge < -0.3 is 14.4 Å². The summed E-state index contributed by atoms with van der Waals surface area (Å²) in [6.07, 6.45) is 0. The molecule has 1 amide bonds. The van der Waals surface area contributed by atoms with Crippen molar-refractivity contribution in [1.82, 2.24) is 4.90 Å². The minimum atomic E-state index is -4.00. The first kappa shape index (κ1) is 23.8. The molecule has 0 bridgehead atoms. The fourth-order valence-corrected chi connectivity index (χ4v) is 4.31. The molecule has 9 heteroatoms. The fraction of sp³-hybridized carbons (Fsp3) is 0.381. The van der Waals surface area contributed by atoms with Crippen molar-refractivity contribution in [2.24, 2.45) is 5.92 Å². The number of hydrogen-bond donors (Lipinski definition) is 1. The normalized spacial score (nSPS) is 11.3. The Morgan fingerprint density at radius 2 is 1.77 bits per heavy atom. The lowest BCUT2D eigenvalue weighted by Gasteiger charge is -2.21. The van der Waals surface area contributed by atoms with Crippen molar-refractivity contribution in [2.45, 2.75) is 25.7 Å². The SMILES string of the molecule is COc1cc(OC)c(NS(=O)(=O)c2ccc(C)c(C(=O)N(C)CC(C)C)c2)cc1Cl. The summed E-state index contributed by atoms with van der Waals surface area (Å²) in [6, 6.07) is 7.35. The highest BCUT2D eigenvalue weighted by Crippen LogP contribution is 2.37. The second-order valence-corrected chi connectivity index (χ2v) is 9.44. The van der Waals surface area contributed by atoms with Gasteiger partial charge in [0.2, 0.25) is 0 Å². The molecule has 0 radical (unpaired) electrons. The molecule has 0 atom stereocenters. The number of ether oxygens (including phenoxy) is 2. The molecule has 30 heavy (non-hydrogen) atoms. The Morgan fingerprint density at radius 1 is 1.13 bits per heavy atom. The van der Waals surface area contributed by atoms with Crippen LogP contribution in [0.4, 0.5) is 5.69 Å². The van der Waals surface area contributed by atoms with Gasteiger partial charge in [-0.3, -0.25) is 9.52 Å². The van der Waals surface area contributed by atoms with Crippen LogP contribution in [0.1, 0.15) is 29.8 Å². The Morgan fingerprint density at radius 3 is 2.33 bits per heavy atom. The van der Waals surface area contributed by atoms with Gasteiger partial charge in [0.1, 0.15) is 11.5 Å². The van der Waals surface area contributed by atoms with Crippen LogP contribution >= 0.6 is 11.6 Å². The topological polar surface area (TPSA) is 84.9 Å². The first-order valence-electron chi connectivity index (χ1n) is 9.30. The Bertz CT molecular complexity index is 1040. The molecule has 0 heterocycles. The number of nitrogens with one attached hydrogen (secondary N) is 1. The van der Waals surface area contributed by atoms with Crippen molar-refractivity contribution in [3.63, 3.8) is 0 Å². The molecular weight excluding hydrogens is 428 g/mol. The first-order chi connectivity index (χ1) is 14.0. The van der Waals surface area contributed by atoms with E-state index in [4.69, 9.17) is 21.1 Å². The summed E-state index contributed by atoms with van der Waals surface area (Å²) < 4.78 is 38.9. The molecule has 0 unspecified atom stereocenters. The highest BCUT2D eigenvalue weighted by atomic mass is 35.5. The van der Waals surface area contributed by atoms with E-state index in [1.807, 2.05) is 13.8 Å². The highest BCUT2D eigenvalue weighted by Gasteiger charge is 2.22. The predicted molar refractivity (Wildman–Crippen MR) is 118 cm³/mol. The lowest BCUT2D eigenvalue weighted by Crippen LogP contribution is -2.31. The van der Waals surface area contributed by atoms with Gasteiger partial charge in [-0.25, -0.2) is 8.42 Å². The summed E-state index contributed by atoms with van der Waals surface area (Å²) in [4.78, 5) is 14.4. The standard InChI is InChI=1S/C21H27ClN2O5S/c1-13(2)12-24(4)21(25)16-9-15(8-7-14(16)3)30(26,27)23-18-10-17(22)19(28-5)11-20(18)29-6/h7-11,13,23H,12H2,1-6H3. The van der Waals surface area contributed by atoms with Gasteiger partial charge in [0, 0.05) is 25.2 Å². The van der Waals surface area contributed by atoms with E-state index in [2.05, 4.69) is 4.72 Å². The van der Waals surface area contributed by atoms with Crippen molar-refractivity contribution >= 4 is 33.2 Å². The molecule has 0 fully saturated rings. The van der Waals surface area contributed by atoms with Gasteiger partial charge in [0.15, 0.2) is 0 Å². The summed E-state index contributed by atoms with van der Waals surface area (Å²) in [6.45, 7) is 6.35. The monoisotopic (exact) mass is 454 g/mol. The summed E-state index contributed by atoms with van der Waals surface area (Å²) in [5.41, 5.74) is 1.19. The number of aryl methyl sites for hydroxylation is 1. The van der Waals surface area contributed by atoms with Crippen LogP contribution < -0.4 is 14.2 Å². The Kier molecular flexibility index (Phi) is 7.60. The van der Waals surface area contributed by atoms with Gasteiger partial charge in [-0.1, -0.05) is 31.5 Å². The molecule has 1 N–H and O–H groups in total. The largest absolute Gasteiger partial charge is 0.495 e. The second-order valence-electron chi connectivity index (χ2n) is 7.35. The van der Waals surface area contributed by atoms with Gasteiger partial charge in [-0.2, -0.15) is 0 Å². The van der Waals surface area contributed by atoms with E-state index in [0.717, 1.165) is 0 Å². The van der Waals surface area contributed by atoms with Crippen LogP contribution in [0.2, 0.25) is 5.02 Å². The number of carbonyl (C=O) groups excluding carboxylic acids is 1. The van der Waals surface area contributed by atoms with E-state index in [1.165, 1.54) is 38.5 Å². The first-order valence-corrected chi connectivity index (χ1v) is 11.2. The molecule has 0 spiro atoms. The number of rotatable bonds is 8. The lowest BCUT2D eigenvalue weighted by atomic mass is 10.1. The van der Waals surface area contributed by atoms with Crippen LogP contribution in [0.3, 0.4) is 0 Å². The molecule has 2 aromatic carbocycles. The van der Waals surface area contributed by atoms with Crippen LogP contribution in [-0.4, -0.2) is 47.0 Å². The maximum Gasteiger partial charge on any atom is 0.262 e. The number of amides is 1. The van der Waals surface area contributed by atoms with Gasteiger partial charge in [-0.05, 0) is 36.6 Å². The number of halogens is 1. The number of nitrogens with zero attached hydrogens (tertiary/aromatic N) is 1. The molecule has 0 saturated heterocycles. The number of hydrogen-bond acceptors (Lipinski definition) is 5. The smallest absolute Gasteiger partial charge is 0.262 e. The predicted octanol–water partition coefficient (Wildman–Crippen LogP) is 4.19. The van der Waals surface area contributed by atoms with E-state index < -0.39 is 10.0 Å². The molecule has 7 nitrogen and oxygen atoms in total. The van der Waals surface area contributed by atoms with Crippen molar-refractivity contribution in [3.8, 4) is 11.5 Å². The number of sulfonamides is 1. The third-order valence-corrected chi connectivity index (χ3v) is 6.11. The summed E-state index contributed by atoms with van der Waals surface area (Å²) in [7, 11) is 0.556. The molecule has 0 aliphatic rings. The number of carbonyl (C=O) groups is 1. The van der Waals surface area contributed by atoms with Crippen molar-refractivity contribution in [2.75, 3.05) is 32.5 Å². The average Bonchev–Trinajstić information content (AvgIpc) is 2.67. The van der Waals surface area contributed by atoms with Gasteiger partial charge in [0.25, 0.3) is 15.9 Å². The van der Waals surface area contributed by atoms with Gasteiger partial charge in [-0.15, -0.1) is 0 Å². The van der Waals surface area contributed by atoms with Crippen molar-refractivity contribution < 1.29 is 22.7 Å². The van der Waals surface area contributed by atoms with Crippen molar-refractivity contribution in [1.29, 1.82) is 0 Å². The maximum absolute atomic E-state index is 13.0. The van der Waals surface area contributed by atoms with E-state index in [1.54, 1.807) is 24.9 Å². The lowest BCUT2D eigenvalue weighted by molar-refractivity contribution is 0.0778. The zero-order chi connectivity index (χ0) is 22.6. The third-order valence-electron chi connectivity index (χ3n) is 4.45. The minimum Gasteiger partial charge on any atom is -0.495 e. The minimum absolute atomic E-state index is 0.0385. The van der Waals surface area contributed by atoms with Crippen LogP contribution in [0.25, 0.3) is 0 Å². The zero-order valence-electron chi connectivity index (χ0n) is 17.9. The number of benzene rings is 2. The van der Waals surface area contributed by atoms with Crippen LogP contribution in [0.15, 0.2) is 35.2 Å². The van der Waals surface area contributed by atoms with E-state index in [9.17, 15) is 13.2 Å². The fourth-order valence-electron chi connectivity index (χ4n) is 2.98. The molecule has 2 rings (SSSR count). The van der Waals surface area contributed by atoms with Crippen LogP contribution in [-0.2, 0) is 10.0 Å². The molecule has 2 aromatic rings. The van der Waals surface area contributed by atoms with E-state index in [0.29, 0.717) is 29.3 Å². The Labute approximate surface area is 183 Å².